The van der Waals surface area contributed by atoms with Crippen LogP contribution >= 0.6 is 0 Å². The molecule has 0 unspecified atom stereocenters. The predicted octanol–water partition coefficient (Wildman–Crippen LogP) is 2.28. The summed E-state index contributed by atoms with van der Waals surface area (Å²) in [6.45, 7) is 2.30. The van der Waals surface area contributed by atoms with E-state index in [4.69, 9.17) is 5.73 Å². The molecule has 0 heterocycles. The quantitative estimate of drug-likeness (QED) is 0.869. The van der Waals surface area contributed by atoms with Crippen molar-refractivity contribution in [3.05, 3.63) is 29.8 Å². The zero-order valence-corrected chi connectivity index (χ0v) is 10.2. The minimum Gasteiger partial charge on any atom is -0.329 e. The normalized spacial score (nSPS) is 26.6. The Morgan fingerprint density at radius 2 is 1.94 bits per heavy atom. The first-order valence-electron chi connectivity index (χ1n) is 5.93. The maximum Gasteiger partial charge on any atom is 0.231 e. The molecule has 1 aliphatic rings. The maximum atomic E-state index is 13.0. The van der Waals surface area contributed by atoms with Crippen molar-refractivity contribution in [2.24, 2.45) is 17.1 Å². The molecule has 0 spiro atoms. The summed E-state index contributed by atoms with van der Waals surface area (Å²) in [6, 6.07) is 2.94. The van der Waals surface area contributed by atoms with E-state index in [0.29, 0.717) is 18.8 Å². The van der Waals surface area contributed by atoms with Gasteiger partial charge in [0.05, 0.1) is 5.41 Å². The number of amides is 1. The second kappa shape index (κ2) is 4.65. The first kappa shape index (κ1) is 13.0. The molecule has 0 atom stereocenters. The van der Waals surface area contributed by atoms with E-state index in [1.54, 1.807) is 0 Å². The molecule has 1 aliphatic carbocycles. The number of hydrogen-bond donors (Lipinski definition) is 2. The summed E-state index contributed by atoms with van der Waals surface area (Å²) in [4.78, 5) is 12.1. The molecular formula is C13H16F2N2O. The van der Waals surface area contributed by atoms with Crippen LogP contribution in [0.5, 0.6) is 0 Å². The lowest BCUT2D eigenvalue weighted by atomic mass is 9.62. The minimum atomic E-state index is -0.714. The molecule has 1 aromatic rings. The summed E-state index contributed by atoms with van der Waals surface area (Å²) in [5.74, 6) is -1.22. The molecule has 98 valence electrons. The van der Waals surface area contributed by atoms with Gasteiger partial charge >= 0.3 is 0 Å². The standard InChI is InChI=1S/C13H16F2N2O/c1-8-5-13(6-8,7-16)12(18)17-11-3-9(14)2-10(15)4-11/h2-4,8H,5-7,16H2,1H3,(H,17,18). The number of carbonyl (C=O) groups is 1. The molecule has 0 aliphatic heterocycles. The van der Waals surface area contributed by atoms with E-state index < -0.39 is 17.0 Å². The fraction of sp³-hybridized carbons (Fsp3) is 0.462. The van der Waals surface area contributed by atoms with Crippen LogP contribution in [0, 0.1) is 23.0 Å². The van der Waals surface area contributed by atoms with Gasteiger partial charge in [0.2, 0.25) is 5.91 Å². The molecule has 0 radical (unpaired) electrons. The van der Waals surface area contributed by atoms with E-state index in [9.17, 15) is 13.6 Å². The number of nitrogens with one attached hydrogen (secondary N) is 1. The van der Waals surface area contributed by atoms with E-state index in [-0.39, 0.29) is 18.1 Å². The number of carbonyl (C=O) groups excluding carboxylic acids is 1. The highest BCUT2D eigenvalue weighted by Gasteiger charge is 2.47. The molecule has 3 N–H and O–H groups in total. The van der Waals surface area contributed by atoms with Gasteiger partial charge in [-0.25, -0.2) is 8.78 Å². The van der Waals surface area contributed by atoms with Crippen molar-refractivity contribution in [1.82, 2.24) is 0 Å². The Kier molecular flexibility index (Phi) is 3.34. The van der Waals surface area contributed by atoms with Crippen LogP contribution in [0.3, 0.4) is 0 Å². The van der Waals surface area contributed by atoms with Crippen molar-refractivity contribution >= 4 is 11.6 Å². The van der Waals surface area contributed by atoms with Crippen LogP contribution < -0.4 is 11.1 Å². The number of nitrogens with two attached hydrogens (primary N) is 1. The molecule has 1 fully saturated rings. The molecular weight excluding hydrogens is 238 g/mol. The van der Waals surface area contributed by atoms with Crippen LogP contribution in [0.2, 0.25) is 0 Å². The van der Waals surface area contributed by atoms with Crippen LogP contribution in [-0.4, -0.2) is 12.5 Å². The molecule has 0 aromatic heterocycles. The second-order valence-electron chi connectivity index (χ2n) is 5.11. The summed E-state index contributed by atoms with van der Waals surface area (Å²) in [5, 5.41) is 2.54. The molecule has 2 rings (SSSR count). The SMILES string of the molecule is CC1CC(CN)(C(=O)Nc2cc(F)cc(F)c2)C1. The van der Waals surface area contributed by atoms with Crippen LogP contribution in [-0.2, 0) is 4.79 Å². The van der Waals surface area contributed by atoms with Gasteiger partial charge in [-0.1, -0.05) is 6.92 Å². The van der Waals surface area contributed by atoms with E-state index in [1.165, 1.54) is 0 Å². The summed E-state index contributed by atoms with van der Waals surface area (Å²) in [6.07, 6.45) is 1.43. The first-order valence-corrected chi connectivity index (χ1v) is 5.93. The summed E-state index contributed by atoms with van der Waals surface area (Å²) >= 11 is 0. The molecule has 3 nitrogen and oxygen atoms in total. The highest BCUT2D eigenvalue weighted by molar-refractivity contribution is 5.96. The largest absolute Gasteiger partial charge is 0.329 e. The summed E-state index contributed by atoms with van der Waals surface area (Å²) in [5.41, 5.74) is 5.18. The van der Waals surface area contributed by atoms with Crippen LogP contribution in [0.15, 0.2) is 18.2 Å². The summed E-state index contributed by atoms with van der Waals surface area (Å²) < 4.78 is 26.0. The Hall–Kier alpha value is -1.49. The van der Waals surface area contributed by atoms with Crippen molar-refractivity contribution in [3.63, 3.8) is 0 Å². The Balaban J connectivity index is 2.11. The van der Waals surface area contributed by atoms with Crippen molar-refractivity contribution in [2.45, 2.75) is 19.8 Å². The highest BCUT2D eigenvalue weighted by Crippen LogP contribution is 2.45. The lowest BCUT2D eigenvalue weighted by Gasteiger charge is -2.44. The van der Waals surface area contributed by atoms with Crippen molar-refractivity contribution in [2.75, 3.05) is 11.9 Å². The van der Waals surface area contributed by atoms with Crippen molar-refractivity contribution in [3.8, 4) is 0 Å². The number of anilines is 1. The zero-order chi connectivity index (χ0) is 13.3. The van der Waals surface area contributed by atoms with Gasteiger partial charge in [0.15, 0.2) is 0 Å². The van der Waals surface area contributed by atoms with Gasteiger partial charge in [-0.3, -0.25) is 4.79 Å². The Morgan fingerprint density at radius 3 is 2.39 bits per heavy atom. The lowest BCUT2D eigenvalue weighted by molar-refractivity contribution is -0.132. The molecule has 1 amide bonds. The fourth-order valence-corrected chi connectivity index (χ4v) is 2.61. The van der Waals surface area contributed by atoms with Gasteiger partial charge in [-0.15, -0.1) is 0 Å². The van der Waals surface area contributed by atoms with Crippen molar-refractivity contribution < 1.29 is 13.6 Å². The molecule has 18 heavy (non-hydrogen) atoms. The third-order valence-electron chi connectivity index (χ3n) is 3.47. The number of halogens is 2. The minimum absolute atomic E-state index is 0.130. The van der Waals surface area contributed by atoms with E-state index in [2.05, 4.69) is 5.32 Å². The average Bonchev–Trinajstić information content (AvgIpc) is 2.22. The van der Waals surface area contributed by atoms with Gasteiger partial charge in [-0.05, 0) is 30.9 Å². The highest BCUT2D eigenvalue weighted by atomic mass is 19.1. The molecule has 1 aromatic carbocycles. The molecule has 0 bridgehead atoms. The van der Waals surface area contributed by atoms with Crippen molar-refractivity contribution in [1.29, 1.82) is 0 Å². The smallest absolute Gasteiger partial charge is 0.231 e. The first-order chi connectivity index (χ1) is 8.45. The maximum absolute atomic E-state index is 13.0. The lowest BCUT2D eigenvalue weighted by Crippen LogP contribution is -2.51. The average molecular weight is 254 g/mol. The van der Waals surface area contributed by atoms with E-state index in [1.807, 2.05) is 6.92 Å². The van der Waals surface area contributed by atoms with Gasteiger partial charge in [0.1, 0.15) is 11.6 Å². The van der Waals surface area contributed by atoms with Crippen LogP contribution in [0.4, 0.5) is 14.5 Å². The van der Waals surface area contributed by atoms with Gasteiger partial charge in [-0.2, -0.15) is 0 Å². The molecule has 1 saturated carbocycles. The van der Waals surface area contributed by atoms with Gasteiger partial charge < -0.3 is 11.1 Å². The van der Waals surface area contributed by atoms with Gasteiger partial charge in [0.25, 0.3) is 0 Å². The Bertz CT molecular complexity index is 450. The summed E-state index contributed by atoms with van der Waals surface area (Å²) in [7, 11) is 0. The Labute approximate surface area is 104 Å². The number of rotatable bonds is 3. The monoisotopic (exact) mass is 254 g/mol. The van der Waals surface area contributed by atoms with Gasteiger partial charge in [0, 0.05) is 18.3 Å². The van der Waals surface area contributed by atoms with Crippen LogP contribution in [0.1, 0.15) is 19.8 Å². The second-order valence-corrected chi connectivity index (χ2v) is 5.11. The third kappa shape index (κ3) is 2.36. The predicted molar refractivity (Wildman–Crippen MR) is 64.9 cm³/mol. The number of benzene rings is 1. The fourth-order valence-electron chi connectivity index (χ4n) is 2.61. The number of hydrogen-bond acceptors (Lipinski definition) is 2. The zero-order valence-electron chi connectivity index (χ0n) is 10.2. The van der Waals surface area contributed by atoms with Crippen LogP contribution in [0.25, 0.3) is 0 Å². The van der Waals surface area contributed by atoms with E-state index >= 15 is 0 Å². The third-order valence-corrected chi connectivity index (χ3v) is 3.47. The Morgan fingerprint density at radius 1 is 1.39 bits per heavy atom. The van der Waals surface area contributed by atoms with E-state index in [0.717, 1.165) is 18.2 Å². The molecule has 5 heteroatoms. The molecule has 0 saturated heterocycles. The topological polar surface area (TPSA) is 55.1 Å².